The van der Waals surface area contributed by atoms with Gasteiger partial charge in [-0.15, -0.1) is 0 Å². The Morgan fingerprint density at radius 3 is 2.67 bits per heavy atom. The first-order chi connectivity index (χ1) is 14.6. The molecule has 0 aliphatic carbocycles. The van der Waals surface area contributed by atoms with E-state index in [0.29, 0.717) is 15.7 Å². The third-order valence-electron chi connectivity index (χ3n) is 5.38. The maximum atomic E-state index is 11.4. The van der Waals surface area contributed by atoms with Gasteiger partial charge in [0.25, 0.3) is 0 Å². The van der Waals surface area contributed by atoms with Crippen molar-refractivity contribution in [2.24, 2.45) is 0 Å². The molecule has 2 aromatic heterocycles. The van der Waals surface area contributed by atoms with Crippen molar-refractivity contribution < 1.29 is 0 Å². The van der Waals surface area contributed by atoms with Gasteiger partial charge < -0.3 is 9.88 Å². The minimum absolute atomic E-state index is 0.131. The number of aromatic amines is 1. The number of nitrogens with one attached hydrogen (secondary N) is 1. The number of H-pyrrole nitrogens is 1. The molecule has 1 aliphatic rings. The summed E-state index contributed by atoms with van der Waals surface area (Å²) in [6, 6.07) is 13.1. The number of rotatable bonds is 6. The number of fused-ring (bicyclic) bond motifs is 1. The van der Waals surface area contributed by atoms with Gasteiger partial charge in [0.2, 0.25) is 5.56 Å². The average Bonchev–Trinajstić information content (AvgIpc) is 2.76. The molecule has 0 atom stereocenters. The lowest BCUT2D eigenvalue weighted by Gasteiger charge is -2.36. The number of hydrogen-bond donors (Lipinski definition) is 1. The molecule has 1 aliphatic heterocycles. The fourth-order valence-corrected chi connectivity index (χ4v) is 4.14. The van der Waals surface area contributed by atoms with Gasteiger partial charge in [0.1, 0.15) is 5.65 Å². The molecule has 0 unspecified atom stereocenters. The smallest absolute Gasteiger partial charge is 0.249 e. The van der Waals surface area contributed by atoms with Crippen LogP contribution in [0.3, 0.4) is 0 Å². The molecule has 7 heteroatoms. The van der Waals surface area contributed by atoms with Crippen LogP contribution < -0.4 is 10.5 Å². The first kappa shape index (κ1) is 20.9. The Labute approximate surface area is 185 Å². The number of hydrogen-bond acceptors (Lipinski definition) is 4. The zero-order valence-electron chi connectivity index (χ0n) is 16.7. The van der Waals surface area contributed by atoms with Crippen LogP contribution in [-0.2, 0) is 0 Å². The lowest BCUT2D eigenvalue weighted by Crippen LogP contribution is -2.46. The molecule has 3 aromatic rings. The third kappa shape index (κ3) is 5.04. The zero-order chi connectivity index (χ0) is 20.9. The van der Waals surface area contributed by atoms with E-state index in [1.54, 1.807) is 6.07 Å². The summed E-state index contributed by atoms with van der Waals surface area (Å²) in [5.41, 5.74) is 2.38. The Morgan fingerprint density at radius 2 is 1.83 bits per heavy atom. The van der Waals surface area contributed by atoms with E-state index in [1.807, 2.05) is 36.4 Å². The van der Waals surface area contributed by atoms with Gasteiger partial charge in [0, 0.05) is 37.6 Å². The number of aromatic nitrogens is 2. The Balaban J connectivity index is 1.23. The van der Waals surface area contributed by atoms with Crippen LogP contribution in [0.5, 0.6) is 0 Å². The van der Waals surface area contributed by atoms with Crippen LogP contribution in [0.2, 0.25) is 10.0 Å². The molecule has 30 heavy (non-hydrogen) atoms. The van der Waals surface area contributed by atoms with E-state index in [1.165, 1.54) is 6.07 Å². The maximum absolute atomic E-state index is 11.4. The van der Waals surface area contributed by atoms with E-state index in [-0.39, 0.29) is 5.56 Å². The Hall–Kier alpha value is -2.34. The summed E-state index contributed by atoms with van der Waals surface area (Å²) < 4.78 is 0. The number of nitrogens with zero attached hydrogens (tertiary/aromatic N) is 3. The summed E-state index contributed by atoms with van der Waals surface area (Å²) >= 11 is 12.5. The van der Waals surface area contributed by atoms with Crippen LogP contribution in [0, 0.1) is 0 Å². The van der Waals surface area contributed by atoms with Crippen LogP contribution in [0.1, 0.15) is 18.5 Å². The summed E-state index contributed by atoms with van der Waals surface area (Å²) in [7, 11) is 0. The molecule has 0 radical (unpaired) electrons. The molecular formula is C23H24Cl2N4O. The molecule has 4 rings (SSSR count). The number of anilines is 1. The summed E-state index contributed by atoms with van der Waals surface area (Å²) in [6.45, 7) is 5.02. The van der Waals surface area contributed by atoms with Crippen molar-refractivity contribution in [2.75, 3.05) is 37.6 Å². The highest BCUT2D eigenvalue weighted by molar-refractivity contribution is 6.43. The molecule has 0 bridgehead atoms. The number of halogens is 2. The average molecular weight is 443 g/mol. The molecule has 1 fully saturated rings. The number of allylic oxidation sites excluding steroid dienone is 1. The van der Waals surface area contributed by atoms with Crippen molar-refractivity contribution in [1.82, 2.24) is 14.9 Å². The normalized spacial score (nSPS) is 15.3. The van der Waals surface area contributed by atoms with E-state index in [9.17, 15) is 4.79 Å². The molecule has 1 aromatic carbocycles. The van der Waals surface area contributed by atoms with Gasteiger partial charge in [-0.3, -0.25) is 9.69 Å². The summed E-state index contributed by atoms with van der Waals surface area (Å²) in [6.07, 6.45) is 6.26. The van der Waals surface area contributed by atoms with Crippen molar-refractivity contribution in [1.29, 1.82) is 0 Å². The topological polar surface area (TPSA) is 52.2 Å². The number of piperazine rings is 1. The van der Waals surface area contributed by atoms with Gasteiger partial charge in [-0.25, -0.2) is 4.98 Å². The molecular weight excluding hydrogens is 419 g/mol. The standard InChI is InChI=1S/C23H24Cl2N4O/c24-19-6-4-7-20(22(19)25)29-15-13-28(14-16-29)12-3-1-2-5-18-10-8-17-9-11-21(30)27-23(17)26-18/h2,4-11H,1,3,12-16H2,(H,26,27,30). The highest BCUT2D eigenvalue weighted by Crippen LogP contribution is 2.32. The van der Waals surface area contributed by atoms with Crippen LogP contribution >= 0.6 is 23.2 Å². The highest BCUT2D eigenvalue weighted by atomic mass is 35.5. The third-order valence-corrected chi connectivity index (χ3v) is 6.19. The second kappa shape index (κ2) is 9.65. The minimum Gasteiger partial charge on any atom is -0.368 e. The lowest BCUT2D eigenvalue weighted by molar-refractivity contribution is 0.255. The van der Waals surface area contributed by atoms with E-state index in [2.05, 4.69) is 25.8 Å². The number of pyridine rings is 2. The molecule has 156 valence electrons. The highest BCUT2D eigenvalue weighted by Gasteiger charge is 2.19. The summed E-state index contributed by atoms with van der Waals surface area (Å²) in [5.74, 6) is 0. The van der Waals surface area contributed by atoms with Gasteiger partial charge >= 0.3 is 0 Å². The van der Waals surface area contributed by atoms with E-state index < -0.39 is 0 Å². The second-order valence-electron chi connectivity index (χ2n) is 7.44. The van der Waals surface area contributed by atoms with E-state index >= 15 is 0 Å². The molecule has 1 N–H and O–H groups in total. The quantitative estimate of drug-likeness (QED) is 0.554. The predicted octanol–water partition coefficient (Wildman–Crippen LogP) is 4.85. The van der Waals surface area contributed by atoms with Crippen molar-refractivity contribution in [2.45, 2.75) is 12.8 Å². The molecule has 0 amide bonds. The predicted molar refractivity (Wildman–Crippen MR) is 126 cm³/mol. The van der Waals surface area contributed by atoms with Gasteiger partial charge in [-0.05, 0) is 55.8 Å². The Morgan fingerprint density at radius 1 is 1.03 bits per heavy atom. The van der Waals surface area contributed by atoms with Crippen LogP contribution in [-0.4, -0.2) is 47.6 Å². The van der Waals surface area contributed by atoms with Crippen molar-refractivity contribution >= 4 is 46.0 Å². The van der Waals surface area contributed by atoms with Crippen molar-refractivity contribution in [3.8, 4) is 0 Å². The number of unbranched alkanes of at least 4 members (excludes halogenated alkanes) is 1. The SMILES string of the molecule is O=c1ccc2ccc(C=CCCCN3CCN(c4cccc(Cl)c4Cl)CC3)nc2[nH]1. The lowest BCUT2D eigenvalue weighted by atomic mass is 10.2. The largest absolute Gasteiger partial charge is 0.368 e. The molecule has 0 saturated carbocycles. The molecule has 5 nitrogen and oxygen atoms in total. The first-order valence-electron chi connectivity index (χ1n) is 10.2. The van der Waals surface area contributed by atoms with Crippen LogP contribution in [0.4, 0.5) is 5.69 Å². The fraction of sp³-hybridized carbons (Fsp3) is 0.304. The Kier molecular flexibility index (Phi) is 6.72. The minimum atomic E-state index is -0.131. The van der Waals surface area contributed by atoms with Gasteiger partial charge in [-0.1, -0.05) is 35.3 Å². The zero-order valence-corrected chi connectivity index (χ0v) is 18.2. The van der Waals surface area contributed by atoms with Crippen LogP contribution in [0.15, 0.2) is 53.3 Å². The van der Waals surface area contributed by atoms with E-state index in [0.717, 1.165) is 62.3 Å². The fourth-order valence-electron chi connectivity index (χ4n) is 3.72. The van der Waals surface area contributed by atoms with E-state index in [4.69, 9.17) is 23.2 Å². The molecule has 3 heterocycles. The second-order valence-corrected chi connectivity index (χ2v) is 8.23. The monoisotopic (exact) mass is 442 g/mol. The summed E-state index contributed by atoms with van der Waals surface area (Å²) in [4.78, 5) is 23.5. The number of benzene rings is 1. The van der Waals surface area contributed by atoms with Gasteiger partial charge in [0.15, 0.2) is 0 Å². The van der Waals surface area contributed by atoms with Gasteiger partial charge in [-0.2, -0.15) is 0 Å². The van der Waals surface area contributed by atoms with Crippen molar-refractivity contribution in [3.05, 3.63) is 74.6 Å². The first-order valence-corrected chi connectivity index (χ1v) is 10.9. The summed E-state index contributed by atoms with van der Waals surface area (Å²) in [5, 5.41) is 2.18. The van der Waals surface area contributed by atoms with Crippen molar-refractivity contribution in [3.63, 3.8) is 0 Å². The van der Waals surface area contributed by atoms with Gasteiger partial charge in [0.05, 0.1) is 21.4 Å². The Bertz CT molecular complexity index is 1100. The molecule has 1 saturated heterocycles. The molecule has 0 spiro atoms. The maximum Gasteiger partial charge on any atom is 0.249 e. The van der Waals surface area contributed by atoms with Crippen LogP contribution in [0.25, 0.3) is 17.1 Å².